The Labute approximate surface area is 95.6 Å². The van der Waals surface area contributed by atoms with Crippen LogP contribution in [0, 0.1) is 0 Å². The molecule has 0 atom stereocenters. The second-order valence-electron chi connectivity index (χ2n) is 2.52. The van der Waals surface area contributed by atoms with Crippen molar-refractivity contribution in [3.63, 3.8) is 0 Å². The Hall–Kier alpha value is -1.91. The van der Waals surface area contributed by atoms with Crippen molar-refractivity contribution in [2.24, 2.45) is 0 Å². The van der Waals surface area contributed by atoms with Gasteiger partial charge in [-0.25, -0.2) is 4.79 Å². The smallest absolute Gasteiger partial charge is 0.338 e. The summed E-state index contributed by atoms with van der Waals surface area (Å²) >= 11 is 0. The molecule has 0 heterocycles. The highest BCUT2D eigenvalue weighted by molar-refractivity contribution is 5.91. The van der Waals surface area contributed by atoms with Crippen LogP contribution in [-0.4, -0.2) is 32.3 Å². The van der Waals surface area contributed by atoms with E-state index < -0.39 is 37.3 Å². The second-order valence-corrected chi connectivity index (χ2v) is 2.52. The Balaban J connectivity index is 3.35. The van der Waals surface area contributed by atoms with Crippen LogP contribution in [0.1, 0.15) is 18.6 Å². The number of ether oxygens (including phenoxy) is 3. The number of hydrogen-bond donors (Lipinski definition) is 1. The van der Waals surface area contributed by atoms with Crippen LogP contribution in [0.15, 0.2) is 12.1 Å². The molecule has 0 amide bonds. The van der Waals surface area contributed by atoms with E-state index >= 15 is 0 Å². The molecule has 0 aliphatic heterocycles. The first-order valence-electron chi connectivity index (χ1n) is 6.76. The molecule has 15 heavy (non-hydrogen) atoms. The van der Waals surface area contributed by atoms with Crippen LogP contribution in [0.5, 0.6) is 17.2 Å². The maximum Gasteiger partial charge on any atom is 0.338 e. The molecule has 5 nitrogen and oxygen atoms in total. The minimum absolute atomic E-state index is 0.242. The lowest BCUT2D eigenvalue weighted by atomic mass is 10.2. The highest BCUT2D eigenvalue weighted by atomic mass is 16.5. The van der Waals surface area contributed by atoms with Crippen molar-refractivity contribution in [3.8, 4) is 17.2 Å². The number of esters is 1. The zero-order chi connectivity index (χ0) is 16.4. The van der Waals surface area contributed by atoms with Gasteiger partial charge in [0.15, 0.2) is 11.5 Å². The van der Waals surface area contributed by atoms with Gasteiger partial charge in [-0.1, -0.05) is 0 Å². The number of methoxy groups -OCH3 is 3. The average Bonchev–Trinajstić information content (AvgIpc) is 2.29. The summed E-state index contributed by atoms with van der Waals surface area (Å²) < 4.78 is 55.3. The van der Waals surface area contributed by atoms with Crippen LogP contribution in [0.2, 0.25) is 0 Å². The molecule has 5 heteroatoms. The van der Waals surface area contributed by atoms with E-state index in [1.165, 1.54) is 0 Å². The van der Waals surface area contributed by atoms with Crippen molar-refractivity contribution in [2.75, 3.05) is 21.2 Å². The molecular formula is C10H12O5. The predicted octanol–water partition coefficient (Wildman–Crippen LogP) is 1.20. The van der Waals surface area contributed by atoms with E-state index in [2.05, 4.69) is 14.2 Å². The summed E-state index contributed by atoms with van der Waals surface area (Å²) in [5.41, 5.74) is -0.242. The van der Waals surface area contributed by atoms with Gasteiger partial charge >= 0.3 is 5.97 Å². The molecule has 82 valence electrons. The van der Waals surface area contributed by atoms with Crippen LogP contribution in [0.4, 0.5) is 0 Å². The molecular weight excluding hydrogens is 200 g/mol. The molecule has 0 saturated heterocycles. The molecule has 0 spiro atoms. The minimum atomic E-state index is -2.91. The Kier molecular flexibility index (Phi) is 1.59. The van der Waals surface area contributed by atoms with E-state index in [-0.39, 0.29) is 5.56 Å². The lowest BCUT2D eigenvalue weighted by Crippen LogP contribution is -2.02. The predicted molar refractivity (Wildman–Crippen MR) is 52.6 cm³/mol. The molecule has 1 aromatic carbocycles. The maximum atomic E-state index is 11.5. The normalized spacial score (nSPS) is 17.1. The van der Waals surface area contributed by atoms with Crippen molar-refractivity contribution >= 4 is 5.97 Å². The third kappa shape index (κ3) is 2.12. The number of benzene rings is 1. The van der Waals surface area contributed by atoms with Crippen LogP contribution < -0.4 is 9.47 Å². The molecule has 0 unspecified atom stereocenters. The Morgan fingerprint density at radius 2 is 1.87 bits per heavy atom. The molecule has 1 N–H and O–H groups in total. The van der Waals surface area contributed by atoms with E-state index in [0.717, 1.165) is 19.2 Å². The summed E-state index contributed by atoms with van der Waals surface area (Å²) in [6.45, 7) is 0. The zero-order valence-electron chi connectivity index (χ0n) is 13.7. The van der Waals surface area contributed by atoms with E-state index in [0.29, 0.717) is 0 Å². The van der Waals surface area contributed by atoms with Crippen molar-refractivity contribution in [3.05, 3.63) is 17.7 Å². The third-order valence-electron chi connectivity index (χ3n) is 1.68. The fraction of sp³-hybridized carbons (Fsp3) is 0.300. The van der Waals surface area contributed by atoms with Gasteiger partial charge < -0.3 is 19.3 Å². The minimum Gasteiger partial charge on any atom is -0.502 e. The third-order valence-corrected chi connectivity index (χ3v) is 1.68. The lowest BCUT2D eigenvalue weighted by Gasteiger charge is -2.09. The molecule has 0 radical (unpaired) electrons. The molecule has 1 rings (SSSR count). The zero-order valence-corrected chi connectivity index (χ0v) is 7.73. The van der Waals surface area contributed by atoms with E-state index in [1.807, 2.05) is 0 Å². The molecule has 0 saturated carbocycles. The summed E-state index contributed by atoms with van der Waals surface area (Å²) in [6, 6.07) is 1.81. The van der Waals surface area contributed by atoms with Gasteiger partial charge in [0.1, 0.15) is 0 Å². The van der Waals surface area contributed by atoms with Gasteiger partial charge in [0.25, 0.3) is 0 Å². The Morgan fingerprint density at radius 3 is 2.27 bits per heavy atom. The molecule has 1 aromatic rings. The number of phenols is 1. The standard InChI is InChI=1S/C10H12O5/c1-13-7-4-6(10(12)15-3)5-8(14-2)9(7)11/h4-5,11H,1-3H3/i1D3,2D3. The SMILES string of the molecule is [2H]C([2H])([2H])Oc1cc(C(=O)OC)cc(OC([2H])([2H])[2H])c1O. The van der Waals surface area contributed by atoms with Crippen LogP contribution in [-0.2, 0) is 4.74 Å². The van der Waals surface area contributed by atoms with Gasteiger partial charge in [-0.05, 0) is 12.1 Å². The second kappa shape index (κ2) is 4.54. The molecule has 0 aromatic heterocycles. The summed E-state index contributed by atoms with van der Waals surface area (Å²) in [5, 5.41) is 9.79. The van der Waals surface area contributed by atoms with Gasteiger partial charge in [0.05, 0.1) is 35.0 Å². The molecule has 0 aliphatic rings. The van der Waals surface area contributed by atoms with Gasteiger partial charge in [0.2, 0.25) is 5.75 Å². The van der Waals surface area contributed by atoms with Gasteiger partial charge in [0, 0.05) is 0 Å². The largest absolute Gasteiger partial charge is 0.502 e. The first-order valence-corrected chi connectivity index (χ1v) is 3.76. The number of phenolic OH excluding ortho intramolecular Hbond substituents is 1. The van der Waals surface area contributed by atoms with Crippen molar-refractivity contribution in [1.29, 1.82) is 0 Å². The fourth-order valence-electron chi connectivity index (χ4n) is 0.974. The number of hydrogen-bond acceptors (Lipinski definition) is 5. The number of carbonyl (C=O) groups excluding carboxylic acids is 1. The summed E-state index contributed by atoms with van der Waals surface area (Å²) in [6.07, 6.45) is 0. The molecule has 0 bridgehead atoms. The van der Waals surface area contributed by atoms with Gasteiger partial charge in [-0.15, -0.1) is 0 Å². The highest BCUT2D eigenvalue weighted by Gasteiger charge is 2.15. The topological polar surface area (TPSA) is 65.0 Å². The van der Waals surface area contributed by atoms with Crippen LogP contribution in [0.25, 0.3) is 0 Å². The van der Waals surface area contributed by atoms with Crippen LogP contribution >= 0.6 is 0 Å². The highest BCUT2D eigenvalue weighted by Crippen LogP contribution is 2.37. The van der Waals surface area contributed by atoms with E-state index in [1.54, 1.807) is 0 Å². The van der Waals surface area contributed by atoms with E-state index in [4.69, 9.17) is 8.22 Å². The quantitative estimate of drug-likeness (QED) is 0.772. The van der Waals surface area contributed by atoms with Gasteiger partial charge in [-0.2, -0.15) is 0 Å². The van der Waals surface area contributed by atoms with E-state index in [9.17, 15) is 9.90 Å². The summed E-state index contributed by atoms with van der Waals surface area (Å²) in [7, 11) is -4.75. The fourth-order valence-corrected chi connectivity index (χ4v) is 0.974. The number of rotatable bonds is 3. The van der Waals surface area contributed by atoms with Gasteiger partial charge in [-0.3, -0.25) is 0 Å². The lowest BCUT2D eigenvalue weighted by molar-refractivity contribution is 0.0600. The summed E-state index contributed by atoms with van der Waals surface area (Å²) in [4.78, 5) is 11.5. The first-order chi connectivity index (χ1) is 9.43. The Bertz CT molecular complexity index is 499. The van der Waals surface area contributed by atoms with Crippen LogP contribution in [0.3, 0.4) is 0 Å². The average molecular weight is 218 g/mol. The summed E-state index contributed by atoms with van der Waals surface area (Å²) in [5.74, 6) is -3.00. The number of carbonyl (C=O) groups is 1. The first kappa shape index (κ1) is 5.25. The Morgan fingerprint density at radius 1 is 1.33 bits per heavy atom. The van der Waals surface area contributed by atoms with Crippen molar-refractivity contribution in [1.82, 2.24) is 0 Å². The monoisotopic (exact) mass is 218 g/mol. The maximum absolute atomic E-state index is 11.5. The van der Waals surface area contributed by atoms with Crippen molar-refractivity contribution < 1.29 is 32.3 Å². The van der Waals surface area contributed by atoms with Crippen molar-refractivity contribution in [2.45, 2.75) is 0 Å². The molecule has 0 aliphatic carbocycles. The molecule has 0 fully saturated rings. The number of aromatic hydroxyl groups is 1.